The second kappa shape index (κ2) is 9.49. The third-order valence-corrected chi connectivity index (χ3v) is 8.63. The van der Waals surface area contributed by atoms with E-state index in [2.05, 4.69) is 32.6 Å². The number of alkyl halides is 1. The summed E-state index contributed by atoms with van der Waals surface area (Å²) in [4.78, 5) is 0. The molecule has 4 heteroatoms. The Hall–Kier alpha value is -0.970. The first-order valence-corrected chi connectivity index (χ1v) is 12.2. The maximum absolute atomic E-state index is 14.3. The quantitative estimate of drug-likeness (QED) is 0.506. The van der Waals surface area contributed by atoms with Gasteiger partial charge in [-0.15, -0.1) is 0 Å². The van der Waals surface area contributed by atoms with Crippen LogP contribution < -0.4 is 0 Å². The molecule has 0 saturated heterocycles. The largest absolute Gasteiger partial charge is 0.393 e. The lowest BCUT2D eigenvalue weighted by Crippen LogP contribution is -2.37. The van der Waals surface area contributed by atoms with Gasteiger partial charge in [-0.2, -0.15) is 0 Å². The average molecular weight is 435 g/mol. The number of hydrogen-bond donors (Lipinski definition) is 3. The monoisotopic (exact) mass is 434 g/mol. The van der Waals surface area contributed by atoms with Gasteiger partial charge in [0.1, 0.15) is 6.17 Å². The molecule has 0 heterocycles. The van der Waals surface area contributed by atoms with Crippen LogP contribution in [0.2, 0.25) is 0 Å². The molecule has 0 amide bonds. The van der Waals surface area contributed by atoms with Gasteiger partial charge in [-0.05, 0) is 99.5 Å². The molecule has 3 fully saturated rings. The van der Waals surface area contributed by atoms with Gasteiger partial charge in [-0.1, -0.05) is 38.2 Å². The van der Waals surface area contributed by atoms with Crippen LogP contribution in [-0.4, -0.2) is 39.3 Å². The van der Waals surface area contributed by atoms with E-state index in [0.717, 1.165) is 24.0 Å². The van der Waals surface area contributed by atoms with Crippen LogP contribution in [0.4, 0.5) is 4.39 Å². The molecular formula is C27H43FO3. The number of aliphatic hydroxyl groups is 3. The summed E-state index contributed by atoms with van der Waals surface area (Å²) in [5, 5.41) is 30.1. The zero-order valence-electron chi connectivity index (χ0n) is 19.9. The fraction of sp³-hybridized carbons (Fsp3) is 0.778. The minimum absolute atomic E-state index is 0.241. The van der Waals surface area contributed by atoms with Gasteiger partial charge in [0.25, 0.3) is 0 Å². The lowest BCUT2D eigenvalue weighted by molar-refractivity contribution is -0.0119. The topological polar surface area (TPSA) is 60.7 Å². The van der Waals surface area contributed by atoms with E-state index in [4.69, 9.17) is 0 Å². The van der Waals surface area contributed by atoms with Crippen LogP contribution in [0.15, 0.2) is 35.5 Å². The molecule has 0 bridgehead atoms. The van der Waals surface area contributed by atoms with E-state index in [1.165, 1.54) is 31.3 Å². The number of hydrogen-bond acceptors (Lipinski definition) is 3. The molecular weight excluding hydrogens is 391 g/mol. The molecule has 31 heavy (non-hydrogen) atoms. The van der Waals surface area contributed by atoms with Crippen molar-refractivity contribution in [2.75, 3.05) is 0 Å². The number of fused-ring (bicyclic) bond motifs is 1. The van der Waals surface area contributed by atoms with Crippen molar-refractivity contribution in [2.24, 2.45) is 23.2 Å². The second-order valence-electron chi connectivity index (χ2n) is 11.3. The van der Waals surface area contributed by atoms with Crippen LogP contribution in [0.3, 0.4) is 0 Å². The molecule has 3 nitrogen and oxygen atoms in total. The van der Waals surface area contributed by atoms with Gasteiger partial charge in [-0.3, -0.25) is 0 Å². The smallest absolute Gasteiger partial charge is 0.128 e. The number of aliphatic hydroxyl groups excluding tert-OH is 2. The Morgan fingerprint density at radius 2 is 1.94 bits per heavy atom. The van der Waals surface area contributed by atoms with Gasteiger partial charge in [-0.25, -0.2) is 4.39 Å². The van der Waals surface area contributed by atoms with Crippen LogP contribution >= 0.6 is 0 Å². The Bertz CT molecular complexity index is 718. The highest BCUT2D eigenvalue weighted by atomic mass is 19.1. The standard InChI is InChI=1S/C27H43FO3/c1-17(8-13-25(28)26(3,4)31)22-11-12-23-19(7-6-14-27(22,23)5)9-10-20-15-21(29)16-24(30)18(20)2/h9-10,17,21-25,29-31H,2,6-8,11-16H2,1,3-5H3/b19-9+,20-10-/t17-,21-,22-,23+,24?,25?,27-/m1/s1. The van der Waals surface area contributed by atoms with E-state index in [0.29, 0.717) is 37.0 Å². The maximum atomic E-state index is 14.3. The van der Waals surface area contributed by atoms with Crippen molar-refractivity contribution >= 4 is 0 Å². The van der Waals surface area contributed by atoms with E-state index in [1.807, 2.05) is 0 Å². The van der Waals surface area contributed by atoms with Crippen molar-refractivity contribution in [3.63, 3.8) is 0 Å². The Kier molecular flexibility index (Phi) is 7.55. The van der Waals surface area contributed by atoms with Gasteiger partial charge in [0.15, 0.2) is 0 Å². The van der Waals surface area contributed by atoms with E-state index in [-0.39, 0.29) is 5.41 Å². The molecule has 0 aromatic carbocycles. The Morgan fingerprint density at radius 3 is 2.61 bits per heavy atom. The molecule has 2 unspecified atom stereocenters. The zero-order chi connectivity index (χ0) is 23.0. The van der Waals surface area contributed by atoms with E-state index in [1.54, 1.807) is 13.8 Å². The SMILES string of the molecule is C=C1/C(=C\C=C2/CCC[C@]3(C)[C@@H]([C@H](C)CCC(F)C(C)(C)O)CC[C@@H]23)C[C@@H](O)CC1O. The van der Waals surface area contributed by atoms with Crippen LogP contribution in [0.25, 0.3) is 0 Å². The van der Waals surface area contributed by atoms with Crippen molar-refractivity contribution < 1.29 is 19.7 Å². The first-order chi connectivity index (χ1) is 14.4. The second-order valence-corrected chi connectivity index (χ2v) is 11.3. The van der Waals surface area contributed by atoms with Gasteiger partial charge in [0.05, 0.1) is 17.8 Å². The minimum atomic E-state index is -1.26. The summed E-state index contributed by atoms with van der Waals surface area (Å²) in [7, 11) is 0. The van der Waals surface area contributed by atoms with Crippen molar-refractivity contribution in [1.82, 2.24) is 0 Å². The number of allylic oxidation sites excluding steroid dienone is 3. The van der Waals surface area contributed by atoms with Crippen LogP contribution in [0.5, 0.6) is 0 Å². The molecule has 0 aromatic rings. The van der Waals surface area contributed by atoms with Gasteiger partial charge >= 0.3 is 0 Å². The molecule has 3 aliphatic rings. The predicted octanol–water partition coefficient (Wildman–Crippen LogP) is 5.65. The van der Waals surface area contributed by atoms with E-state index in [9.17, 15) is 19.7 Å². The summed E-state index contributed by atoms with van der Waals surface area (Å²) in [6.45, 7) is 11.8. The highest BCUT2D eigenvalue weighted by Gasteiger charge is 2.50. The molecule has 7 atom stereocenters. The summed E-state index contributed by atoms with van der Waals surface area (Å²) < 4.78 is 14.3. The van der Waals surface area contributed by atoms with Crippen LogP contribution in [-0.2, 0) is 0 Å². The summed E-state index contributed by atoms with van der Waals surface area (Å²) >= 11 is 0. The normalized spacial score (nSPS) is 39.0. The summed E-state index contributed by atoms with van der Waals surface area (Å²) in [5.74, 6) is 1.57. The third-order valence-electron chi connectivity index (χ3n) is 8.63. The molecule has 0 aliphatic heterocycles. The fourth-order valence-corrected chi connectivity index (χ4v) is 6.64. The Labute approximate surface area is 188 Å². The first-order valence-electron chi connectivity index (χ1n) is 12.2. The Balaban J connectivity index is 1.71. The molecule has 3 saturated carbocycles. The minimum Gasteiger partial charge on any atom is -0.393 e. The van der Waals surface area contributed by atoms with Crippen molar-refractivity contribution in [3.8, 4) is 0 Å². The molecule has 3 aliphatic carbocycles. The van der Waals surface area contributed by atoms with Crippen molar-refractivity contribution in [1.29, 1.82) is 0 Å². The molecule has 3 rings (SSSR count). The van der Waals surface area contributed by atoms with Crippen molar-refractivity contribution in [3.05, 3.63) is 35.5 Å². The van der Waals surface area contributed by atoms with Gasteiger partial charge in [0, 0.05) is 6.42 Å². The predicted molar refractivity (Wildman–Crippen MR) is 124 cm³/mol. The van der Waals surface area contributed by atoms with Gasteiger partial charge < -0.3 is 15.3 Å². The summed E-state index contributed by atoms with van der Waals surface area (Å²) in [5.41, 5.74) is 2.17. The molecule has 176 valence electrons. The van der Waals surface area contributed by atoms with E-state index >= 15 is 0 Å². The lowest BCUT2D eigenvalue weighted by atomic mass is 9.60. The molecule has 0 radical (unpaired) electrons. The summed E-state index contributed by atoms with van der Waals surface area (Å²) in [6.07, 6.45) is 10.0. The zero-order valence-corrected chi connectivity index (χ0v) is 19.9. The van der Waals surface area contributed by atoms with Crippen LogP contribution in [0.1, 0.15) is 85.5 Å². The van der Waals surface area contributed by atoms with Gasteiger partial charge in [0.2, 0.25) is 0 Å². The molecule has 0 aromatic heterocycles. The first kappa shape index (κ1) is 24.7. The maximum Gasteiger partial charge on any atom is 0.128 e. The number of rotatable bonds is 6. The number of halogens is 1. The lowest BCUT2D eigenvalue weighted by Gasteiger charge is -2.44. The molecule has 3 N–H and O–H groups in total. The summed E-state index contributed by atoms with van der Waals surface area (Å²) in [6, 6.07) is 0. The van der Waals surface area contributed by atoms with E-state index < -0.39 is 24.0 Å². The fourth-order valence-electron chi connectivity index (χ4n) is 6.64. The van der Waals surface area contributed by atoms with Crippen LogP contribution in [0, 0.1) is 23.2 Å². The third kappa shape index (κ3) is 5.34. The highest BCUT2D eigenvalue weighted by Crippen LogP contribution is 2.60. The highest BCUT2D eigenvalue weighted by molar-refractivity contribution is 5.38. The Morgan fingerprint density at radius 1 is 1.23 bits per heavy atom. The van der Waals surface area contributed by atoms with Crippen molar-refractivity contribution in [2.45, 2.75) is 109 Å². The average Bonchev–Trinajstić information content (AvgIpc) is 3.04. The molecule has 0 spiro atoms.